The second-order valence-corrected chi connectivity index (χ2v) is 9.00. The number of para-hydroxylation sites is 1. The molecule has 0 aliphatic rings. The molecule has 0 radical (unpaired) electrons. The Labute approximate surface area is 197 Å². The minimum absolute atomic E-state index is 0.230. The molecule has 0 atom stereocenters. The van der Waals surface area contributed by atoms with Crippen molar-refractivity contribution in [3.05, 3.63) is 121 Å². The molecule has 156 valence electrons. The Balaban J connectivity index is 1.56. The number of thiazole rings is 1. The standard InChI is InChI=1S/C29H20BNOS/c1-3-12-22(13-4-1)30(23-14-5-2-6-15-23)32-28-24-16-8-7-11-21(24)19-20-25(28)29-31-26-17-9-10-18-27(26)33-29/h1-20H. The lowest BCUT2D eigenvalue weighted by Crippen LogP contribution is -2.47. The van der Waals surface area contributed by atoms with Crippen molar-refractivity contribution >= 4 is 50.2 Å². The number of rotatable bonds is 5. The zero-order chi connectivity index (χ0) is 22.0. The van der Waals surface area contributed by atoms with Crippen LogP contribution in [0.2, 0.25) is 0 Å². The fraction of sp³-hybridized carbons (Fsp3) is 0. The van der Waals surface area contributed by atoms with E-state index >= 15 is 0 Å². The Morgan fingerprint density at radius 3 is 1.97 bits per heavy atom. The predicted molar refractivity (Wildman–Crippen MR) is 141 cm³/mol. The van der Waals surface area contributed by atoms with E-state index in [2.05, 4.69) is 103 Å². The first-order valence-electron chi connectivity index (χ1n) is 11.0. The molecular weight excluding hydrogens is 421 g/mol. The van der Waals surface area contributed by atoms with Gasteiger partial charge >= 0.3 is 6.92 Å². The Bertz CT molecular complexity index is 1470. The molecule has 1 heterocycles. The van der Waals surface area contributed by atoms with E-state index in [4.69, 9.17) is 9.64 Å². The summed E-state index contributed by atoms with van der Waals surface area (Å²) in [7, 11) is 0. The van der Waals surface area contributed by atoms with E-state index in [1.165, 1.54) is 4.70 Å². The maximum absolute atomic E-state index is 6.95. The van der Waals surface area contributed by atoms with E-state index in [-0.39, 0.29) is 6.92 Å². The average Bonchev–Trinajstić information content (AvgIpc) is 3.32. The highest BCUT2D eigenvalue weighted by Crippen LogP contribution is 2.40. The Morgan fingerprint density at radius 2 is 1.24 bits per heavy atom. The topological polar surface area (TPSA) is 22.1 Å². The van der Waals surface area contributed by atoms with E-state index in [9.17, 15) is 0 Å². The predicted octanol–water partition coefficient (Wildman–Crippen LogP) is 6.30. The van der Waals surface area contributed by atoms with Gasteiger partial charge < -0.3 is 4.65 Å². The lowest BCUT2D eigenvalue weighted by Gasteiger charge is -2.20. The van der Waals surface area contributed by atoms with E-state index < -0.39 is 0 Å². The van der Waals surface area contributed by atoms with Crippen molar-refractivity contribution < 1.29 is 4.65 Å². The van der Waals surface area contributed by atoms with Crippen LogP contribution in [0, 0.1) is 0 Å². The Hall–Kier alpha value is -3.89. The van der Waals surface area contributed by atoms with Gasteiger partial charge in [-0.3, -0.25) is 0 Å². The molecular formula is C29H20BNOS. The highest BCUT2D eigenvalue weighted by Gasteiger charge is 2.26. The first-order valence-corrected chi connectivity index (χ1v) is 11.8. The fourth-order valence-electron chi connectivity index (χ4n) is 4.23. The van der Waals surface area contributed by atoms with Crippen molar-refractivity contribution in [2.24, 2.45) is 0 Å². The molecule has 6 aromatic rings. The number of benzene rings is 5. The number of hydrogen-bond acceptors (Lipinski definition) is 3. The van der Waals surface area contributed by atoms with E-state index in [1.807, 2.05) is 18.2 Å². The van der Waals surface area contributed by atoms with Gasteiger partial charge in [0.15, 0.2) is 0 Å². The number of fused-ring (bicyclic) bond motifs is 2. The molecule has 0 saturated carbocycles. The van der Waals surface area contributed by atoms with Gasteiger partial charge in [-0.15, -0.1) is 11.3 Å². The van der Waals surface area contributed by atoms with Crippen LogP contribution in [0.15, 0.2) is 121 Å². The van der Waals surface area contributed by atoms with Crippen LogP contribution < -0.4 is 15.6 Å². The van der Waals surface area contributed by atoms with Crippen LogP contribution in [-0.2, 0) is 0 Å². The average molecular weight is 441 g/mol. The zero-order valence-electron chi connectivity index (χ0n) is 17.9. The van der Waals surface area contributed by atoms with Crippen molar-refractivity contribution in [1.29, 1.82) is 0 Å². The molecule has 0 amide bonds. The molecule has 2 nitrogen and oxygen atoms in total. The minimum atomic E-state index is -0.230. The smallest absolute Gasteiger partial charge is 0.426 e. The molecule has 0 aliphatic heterocycles. The van der Waals surface area contributed by atoms with Crippen LogP contribution in [0.4, 0.5) is 0 Å². The summed E-state index contributed by atoms with van der Waals surface area (Å²) in [5, 5.41) is 3.21. The summed E-state index contributed by atoms with van der Waals surface area (Å²) in [6.07, 6.45) is 0. The lowest BCUT2D eigenvalue weighted by atomic mass is 9.55. The van der Waals surface area contributed by atoms with Crippen molar-refractivity contribution in [2.75, 3.05) is 0 Å². The van der Waals surface area contributed by atoms with Crippen LogP contribution in [-0.4, -0.2) is 11.9 Å². The first-order chi connectivity index (χ1) is 16.4. The van der Waals surface area contributed by atoms with E-state index in [0.717, 1.165) is 43.5 Å². The second-order valence-electron chi connectivity index (χ2n) is 7.97. The van der Waals surface area contributed by atoms with E-state index in [0.29, 0.717) is 0 Å². The molecule has 6 rings (SSSR count). The third kappa shape index (κ3) is 3.79. The van der Waals surface area contributed by atoms with Crippen LogP contribution in [0.3, 0.4) is 0 Å². The molecule has 1 aromatic heterocycles. The normalized spacial score (nSPS) is 11.0. The molecule has 0 unspecified atom stereocenters. The quantitative estimate of drug-likeness (QED) is 0.293. The SMILES string of the molecule is c1ccc(B(Oc2c(-c3nc4ccccc4s3)ccc3ccccc23)c2ccccc2)cc1. The summed E-state index contributed by atoms with van der Waals surface area (Å²) in [5.41, 5.74) is 4.27. The largest absolute Gasteiger partial charge is 0.550 e. The van der Waals surface area contributed by atoms with Crippen LogP contribution in [0.25, 0.3) is 31.6 Å². The highest BCUT2D eigenvalue weighted by molar-refractivity contribution is 7.21. The number of aromatic nitrogens is 1. The van der Waals surface area contributed by atoms with Gasteiger partial charge in [-0.2, -0.15) is 0 Å². The van der Waals surface area contributed by atoms with Gasteiger partial charge in [-0.1, -0.05) is 103 Å². The molecule has 0 bridgehead atoms. The Kier molecular flexibility index (Phi) is 5.13. The molecule has 4 heteroatoms. The first kappa shape index (κ1) is 19.8. The summed E-state index contributed by atoms with van der Waals surface area (Å²) >= 11 is 1.70. The van der Waals surface area contributed by atoms with Crippen molar-refractivity contribution in [1.82, 2.24) is 4.98 Å². The molecule has 0 spiro atoms. The van der Waals surface area contributed by atoms with Crippen LogP contribution >= 0.6 is 11.3 Å². The van der Waals surface area contributed by atoms with Gasteiger partial charge in [0.25, 0.3) is 0 Å². The number of nitrogens with zero attached hydrogens (tertiary/aromatic N) is 1. The Morgan fingerprint density at radius 1 is 0.606 bits per heavy atom. The van der Waals surface area contributed by atoms with Gasteiger partial charge in [-0.25, -0.2) is 4.98 Å². The zero-order valence-corrected chi connectivity index (χ0v) is 18.7. The summed E-state index contributed by atoms with van der Waals surface area (Å²) in [6, 6.07) is 41.8. The van der Waals surface area contributed by atoms with Crippen molar-refractivity contribution in [2.45, 2.75) is 0 Å². The molecule has 0 aliphatic carbocycles. The van der Waals surface area contributed by atoms with Gasteiger partial charge in [-0.05, 0) is 34.5 Å². The van der Waals surface area contributed by atoms with Gasteiger partial charge in [0.1, 0.15) is 10.8 Å². The van der Waals surface area contributed by atoms with Crippen LogP contribution in [0.5, 0.6) is 5.75 Å². The second kappa shape index (κ2) is 8.57. The summed E-state index contributed by atoms with van der Waals surface area (Å²) in [4.78, 5) is 4.94. The maximum Gasteiger partial charge on any atom is 0.426 e. The molecule has 33 heavy (non-hydrogen) atoms. The van der Waals surface area contributed by atoms with Crippen molar-refractivity contribution in [3.8, 4) is 16.3 Å². The minimum Gasteiger partial charge on any atom is -0.550 e. The third-order valence-electron chi connectivity index (χ3n) is 5.84. The summed E-state index contributed by atoms with van der Waals surface area (Å²) in [5.74, 6) is 0.866. The van der Waals surface area contributed by atoms with Gasteiger partial charge in [0, 0.05) is 5.39 Å². The summed E-state index contributed by atoms with van der Waals surface area (Å²) < 4.78 is 8.12. The monoisotopic (exact) mass is 441 g/mol. The molecule has 5 aromatic carbocycles. The van der Waals surface area contributed by atoms with E-state index in [1.54, 1.807) is 11.3 Å². The lowest BCUT2D eigenvalue weighted by molar-refractivity contribution is 0.601. The van der Waals surface area contributed by atoms with Crippen molar-refractivity contribution in [3.63, 3.8) is 0 Å². The number of hydrogen-bond donors (Lipinski definition) is 0. The van der Waals surface area contributed by atoms with Gasteiger partial charge in [0.05, 0.1) is 15.8 Å². The maximum atomic E-state index is 6.95. The molecule has 0 saturated heterocycles. The third-order valence-corrected chi connectivity index (χ3v) is 6.91. The molecule has 0 N–H and O–H groups in total. The fourth-order valence-corrected chi connectivity index (χ4v) is 5.22. The van der Waals surface area contributed by atoms with Gasteiger partial charge in [0.2, 0.25) is 0 Å². The van der Waals surface area contributed by atoms with Crippen LogP contribution in [0.1, 0.15) is 0 Å². The molecule has 0 fully saturated rings. The summed E-state index contributed by atoms with van der Waals surface area (Å²) in [6.45, 7) is -0.230. The highest BCUT2D eigenvalue weighted by atomic mass is 32.1.